The number of hydrogen-bond donors (Lipinski definition) is 0. The standard InChI is InChI=1S/C13H15Cl2NO4S/c1-13(8-14)6-12(16-20-13)21(17,18)7-9-5-10(19-2)3-4-11(9)15/h3-5H,6-8H2,1-2H3. The summed E-state index contributed by atoms with van der Waals surface area (Å²) < 4.78 is 29.9. The van der Waals surface area contributed by atoms with Gasteiger partial charge < -0.3 is 9.57 Å². The third kappa shape index (κ3) is 3.62. The Kier molecular flexibility index (Phi) is 4.70. The van der Waals surface area contributed by atoms with Crippen molar-refractivity contribution in [1.29, 1.82) is 0 Å². The van der Waals surface area contributed by atoms with Crippen LogP contribution in [-0.4, -0.2) is 32.1 Å². The molecule has 116 valence electrons. The van der Waals surface area contributed by atoms with Crippen LogP contribution >= 0.6 is 23.2 Å². The third-order valence-electron chi connectivity index (χ3n) is 3.13. The lowest BCUT2D eigenvalue weighted by Gasteiger charge is -2.16. The van der Waals surface area contributed by atoms with Crippen molar-refractivity contribution in [2.75, 3.05) is 13.0 Å². The van der Waals surface area contributed by atoms with E-state index in [0.29, 0.717) is 16.3 Å². The molecule has 0 spiro atoms. The molecule has 8 heteroatoms. The van der Waals surface area contributed by atoms with Crippen LogP contribution < -0.4 is 4.74 Å². The second-order valence-electron chi connectivity index (χ2n) is 5.05. The van der Waals surface area contributed by atoms with Crippen molar-refractivity contribution in [1.82, 2.24) is 0 Å². The molecule has 0 radical (unpaired) electrons. The predicted octanol–water partition coefficient (Wildman–Crippen LogP) is 2.99. The quantitative estimate of drug-likeness (QED) is 0.782. The maximum absolute atomic E-state index is 12.4. The largest absolute Gasteiger partial charge is 0.497 e. The Balaban J connectivity index is 2.23. The number of methoxy groups -OCH3 is 1. The molecule has 0 amide bonds. The van der Waals surface area contributed by atoms with E-state index in [1.807, 2.05) is 0 Å². The van der Waals surface area contributed by atoms with Crippen LogP contribution in [0.5, 0.6) is 5.75 Å². The number of halogens is 2. The highest BCUT2D eigenvalue weighted by molar-refractivity contribution is 8.05. The van der Waals surface area contributed by atoms with Crippen LogP contribution in [0.1, 0.15) is 18.9 Å². The van der Waals surface area contributed by atoms with Gasteiger partial charge >= 0.3 is 0 Å². The average molecular weight is 352 g/mol. The molecule has 0 saturated heterocycles. The molecule has 1 heterocycles. The van der Waals surface area contributed by atoms with Crippen LogP contribution in [0.25, 0.3) is 0 Å². The molecule has 0 bridgehead atoms. The van der Waals surface area contributed by atoms with E-state index in [-0.39, 0.29) is 23.1 Å². The smallest absolute Gasteiger partial charge is 0.199 e. The van der Waals surface area contributed by atoms with E-state index in [1.165, 1.54) is 7.11 Å². The summed E-state index contributed by atoms with van der Waals surface area (Å²) in [4.78, 5) is 5.12. The highest BCUT2D eigenvalue weighted by atomic mass is 35.5. The maximum Gasteiger partial charge on any atom is 0.199 e. The number of nitrogens with zero attached hydrogens (tertiary/aromatic N) is 1. The number of benzene rings is 1. The first-order chi connectivity index (χ1) is 9.79. The molecule has 1 aromatic rings. The van der Waals surface area contributed by atoms with Gasteiger partial charge in [-0.2, -0.15) is 0 Å². The van der Waals surface area contributed by atoms with Crippen LogP contribution in [0.4, 0.5) is 0 Å². The first kappa shape index (κ1) is 16.4. The third-order valence-corrected chi connectivity index (χ3v) is 5.70. The van der Waals surface area contributed by atoms with Gasteiger partial charge in [-0.05, 0) is 30.7 Å². The topological polar surface area (TPSA) is 65.0 Å². The lowest BCUT2D eigenvalue weighted by Crippen LogP contribution is -2.28. The van der Waals surface area contributed by atoms with Gasteiger partial charge in [0, 0.05) is 11.4 Å². The molecule has 1 atom stereocenters. The summed E-state index contributed by atoms with van der Waals surface area (Å²) in [5.74, 6) is 0.443. The van der Waals surface area contributed by atoms with E-state index in [1.54, 1.807) is 25.1 Å². The van der Waals surface area contributed by atoms with Crippen LogP contribution in [0.15, 0.2) is 23.4 Å². The Hall–Kier alpha value is -0.980. The van der Waals surface area contributed by atoms with E-state index >= 15 is 0 Å². The van der Waals surface area contributed by atoms with Crippen molar-refractivity contribution in [2.24, 2.45) is 5.16 Å². The Morgan fingerprint density at radius 1 is 1.48 bits per heavy atom. The molecule has 1 unspecified atom stereocenters. The fourth-order valence-corrected chi connectivity index (χ4v) is 3.76. The molecule has 2 rings (SSSR count). The molecule has 0 fully saturated rings. The maximum atomic E-state index is 12.4. The average Bonchev–Trinajstić information content (AvgIpc) is 2.85. The van der Waals surface area contributed by atoms with Gasteiger partial charge in [-0.1, -0.05) is 16.8 Å². The molecule has 0 aliphatic carbocycles. The molecular formula is C13H15Cl2NO4S. The highest BCUT2D eigenvalue weighted by Crippen LogP contribution is 2.30. The zero-order chi connectivity index (χ0) is 15.7. The fourth-order valence-electron chi connectivity index (χ4n) is 1.86. The number of sulfone groups is 1. The molecule has 1 aromatic carbocycles. The highest BCUT2D eigenvalue weighted by Gasteiger charge is 2.39. The van der Waals surface area contributed by atoms with Gasteiger partial charge in [-0.3, -0.25) is 0 Å². The minimum atomic E-state index is -3.62. The Bertz CT molecular complexity index is 675. The summed E-state index contributed by atoms with van der Waals surface area (Å²) in [7, 11) is -2.11. The van der Waals surface area contributed by atoms with Crippen LogP contribution in [0.2, 0.25) is 5.02 Å². The van der Waals surface area contributed by atoms with Crippen molar-refractivity contribution < 1.29 is 18.0 Å². The SMILES string of the molecule is COc1ccc(Cl)c(CS(=O)(=O)C2=NOC(C)(CCl)C2)c1. The Morgan fingerprint density at radius 3 is 2.76 bits per heavy atom. The predicted molar refractivity (Wildman–Crippen MR) is 82.9 cm³/mol. The van der Waals surface area contributed by atoms with Crippen LogP contribution in [0, 0.1) is 0 Å². The second kappa shape index (κ2) is 6.02. The zero-order valence-corrected chi connectivity index (χ0v) is 13.9. The van der Waals surface area contributed by atoms with Gasteiger partial charge in [-0.25, -0.2) is 8.42 Å². The van der Waals surface area contributed by atoms with Gasteiger partial charge in [0.15, 0.2) is 20.5 Å². The lowest BCUT2D eigenvalue weighted by molar-refractivity contribution is 0.0152. The van der Waals surface area contributed by atoms with Crippen LogP contribution in [-0.2, 0) is 20.4 Å². The fraction of sp³-hybridized carbons (Fsp3) is 0.462. The number of hydrogen-bond acceptors (Lipinski definition) is 5. The molecule has 5 nitrogen and oxygen atoms in total. The molecular weight excluding hydrogens is 337 g/mol. The van der Waals surface area contributed by atoms with Gasteiger partial charge in [0.05, 0.1) is 18.7 Å². The van der Waals surface area contributed by atoms with Crippen molar-refractivity contribution in [3.8, 4) is 5.75 Å². The van der Waals surface area contributed by atoms with E-state index < -0.39 is 15.4 Å². The molecule has 1 aliphatic heterocycles. The first-order valence-corrected chi connectivity index (χ1v) is 8.72. The first-order valence-electron chi connectivity index (χ1n) is 6.16. The monoisotopic (exact) mass is 351 g/mol. The van der Waals surface area contributed by atoms with Crippen LogP contribution in [0.3, 0.4) is 0 Å². The minimum absolute atomic E-state index is 0.00969. The van der Waals surface area contributed by atoms with E-state index in [0.717, 1.165) is 0 Å². The summed E-state index contributed by atoms with van der Waals surface area (Å²) in [5, 5.41) is 4.02. The second-order valence-corrected chi connectivity index (χ2v) is 7.72. The molecule has 1 aliphatic rings. The normalized spacial score (nSPS) is 21.8. The molecule has 21 heavy (non-hydrogen) atoms. The zero-order valence-electron chi connectivity index (χ0n) is 11.6. The molecule has 0 N–H and O–H groups in total. The summed E-state index contributed by atoms with van der Waals surface area (Å²) in [5.41, 5.74) is -0.319. The number of alkyl halides is 1. The van der Waals surface area contributed by atoms with Crippen molar-refractivity contribution in [3.63, 3.8) is 0 Å². The van der Waals surface area contributed by atoms with E-state index in [2.05, 4.69) is 5.16 Å². The molecule has 0 aromatic heterocycles. The van der Waals surface area contributed by atoms with Crippen molar-refractivity contribution in [2.45, 2.75) is 24.7 Å². The minimum Gasteiger partial charge on any atom is -0.497 e. The van der Waals surface area contributed by atoms with Gasteiger partial charge in [0.2, 0.25) is 0 Å². The number of oxime groups is 1. The molecule has 0 saturated carbocycles. The van der Waals surface area contributed by atoms with Gasteiger partial charge in [-0.15, -0.1) is 11.6 Å². The number of rotatable bonds is 4. The Labute approximate surface area is 133 Å². The summed E-state index contributed by atoms with van der Waals surface area (Å²) >= 11 is 11.8. The van der Waals surface area contributed by atoms with E-state index in [9.17, 15) is 8.42 Å². The van der Waals surface area contributed by atoms with Gasteiger partial charge in [0.25, 0.3) is 0 Å². The lowest BCUT2D eigenvalue weighted by atomic mass is 10.1. The van der Waals surface area contributed by atoms with Gasteiger partial charge in [0.1, 0.15) is 5.75 Å². The van der Waals surface area contributed by atoms with Crippen molar-refractivity contribution in [3.05, 3.63) is 28.8 Å². The summed E-state index contributed by atoms with van der Waals surface area (Å²) in [6.07, 6.45) is 0.153. The van der Waals surface area contributed by atoms with Crippen molar-refractivity contribution >= 4 is 38.1 Å². The Morgan fingerprint density at radius 2 is 2.19 bits per heavy atom. The summed E-state index contributed by atoms with van der Waals surface area (Å²) in [6, 6.07) is 4.86. The number of ether oxygens (including phenoxy) is 1. The van der Waals surface area contributed by atoms with E-state index in [4.69, 9.17) is 32.8 Å². The summed E-state index contributed by atoms with van der Waals surface area (Å²) in [6.45, 7) is 1.71.